The van der Waals surface area contributed by atoms with Gasteiger partial charge in [0.05, 0.1) is 17.8 Å². The largest absolute Gasteiger partial charge is 0.478 e. The highest BCUT2D eigenvalue weighted by Crippen LogP contribution is 2.11. The van der Waals surface area contributed by atoms with Gasteiger partial charge in [0.25, 0.3) is 0 Å². The van der Waals surface area contributed by atoms with Crippen LogP contribution in [0.4, 0.5) is 5.82 Å². The van der Waals surface area contributed by atoms with Gasteiger partial charge in [-0.15, -0.1) is 0 Å². The Morgan fingerprint density at radius 3 is 2.83 bits per heavy atom. The summed E-state index contributed by atoms with van der Waals surface area (Å²) >= 11 is 0. The molecule has 0 spiro atoms. The standard InChI is InChI=1S/C12H14N4O2/c1-8-9(12(17)18)3-4-10(15-8)14-7-11-13-5-6-16(11)2/h3-6H,7H2,1-2H3,(H,14,15)(H,17,18). The second-order valence-corrected chi connectivity index (χ2v) is 3.94. The van der Waals surface area contributed by atoms with Crippen LogP contribution in [0.1, 0.15) is 21.9 Å². The van der Waals surface area contributed by atoms with Crippen LogP contribution < -0.4 is 5.32 Å². The SMILES string of the molecule is Cc1nc(NCc2nccn2C)ccc1C(=O)O. The lowest BCUT2D eigenvalue weighted by molar-refractivity contribution is 0.0695. The van der Waals surface area contributed by atoms with E-state index in [2.05, 4.69) is 15.3 Å². The van der Waals surface area contributed by atoms with E-state index in [-0.39, 0.29) is 5.56 Å². The van der Waals surface area contributed by atoms with Crippen molar-refractivity contribution in [3.63, 3.8) is 0 Å². The number of pyridine rings is 1. The van der Waals surface area contributed by atoms with E-state index >= 15 is 0 Å². The molecule has 0 saturated heterocycles. The molecule has 2 aromatic heterocycles. The minimum absolute atomic E-state index is 0.220. The number of anilines is 1. The van der Waals surface area contributed by atoms with Crippen molar-refractivity contribution in [1.82, 2.24) is 14.5 Å². The van der Waals surface area contributed by atoms with Gasteiger partial charge in [-0.05, 0) is 19.1 Å². The molecular weight excluding hydrogens is 232 g/mol. The number of carbonyl (C=O) groups is 1. The molecule has 2 N–H and O–H groups in total. The number of imidazole rings is 1. The molecular formula is C12H14N4O2. The summed E-state index contributed by atoms with van der Waals surface area (Å²) in [6.45, 7) is 2.22. The molecule has 94 valence electrons. The second-order valence-electron chi connectivity index (χ2n) is 3.94. The highest BCUT2D eigenvalue weighted by atomic mass is 16.4. The van der Waals surface area contributed by atoms with Gasteiger partial charge < -0.3 is 15.0 Å². The van der Waals surface area contributed by atoms with E-state index in [9.17, 15) is 4.79 Å². The maximum absolute atomic E-state index is 10.8. The highest BCUT2D eigenvalue weighted by molar-refractivity contribution is 5.89. The van der Waals surface area contributed by atoms with Crippen LogP contribution >= 0.6 is 0 Å². The molecule has 0 aromatic carbocycles. The van der Waals surface area contributed by atoms with Gasteiger partial charge in [0.15, 0.2) is 0 Å². The summed E-state index contributed by atoms with van der Waals surface area (Å²) in [5.74, 6) is 0.563. The lowest BCUT2D eigenvalue weighted by Crippen LogP contribution is -2.08. The minimum Gasteiger partial charge on any atom is -0.478 e. The zero-order chi connectivity index (χ0) is 13.1. The molecule has 0 unspecified atom stereocenters. The molecule has 2 aromatic rings. The predicted octanol–water partition coefficient (Wildman–Crippen LogP) is 1.43. The number of aromatic carboxylic acids is 1. The maximum Gasteiger partial charge on any atom is 0.337 e. The Morgan fingerprint density at radius 2 is 2.28 bits per heavy atom. The first kappa shape index (κ1) is 12.1. The van der Waals surface area contributed by atoms with Crippen LogP contribution in [0.5, 0.6) is 0 Å². The number of nitrogens with zero attached hydrogens (tertiary/aromatic N) is 3. The monoisotopic (exact) mass is 246 g/mol. The topological polar surface area (TPSA) is 80.0 Å². The number of aromatic nitrogens is 3. The molecule has 6 heteroatoms. The number of rotatable bonds is 4. The van der Waals surface area contributed by atoms with E-state index in [4.69, 9.17) is 5.11 Å². The van der Waals surface area contributed by atoms with E-state index < -0.39 is 5.97 Å². The van der Waals surface area contributed by atoms with Crippen molar-refractivity contribution in [3.8, 4) is 0 Å². The van der Waals surface area contributed by atoms with Crippen LogP contribution in [0.2, 0.25) is 0 Å². The number of hydrogen-bond acceptors (Lipinski definition) is 4. The van der Waals surface area contributed by atoms with E-state index in [1.54, 1.807) is 25.3 Å². The molecule has 0 aliphatic rings. The average Bonchev–Trinajstić information content (AvgIpc) is 2.72. The predicted molar refractivity (Wildman–Crippen MR) is 66.5 cm³/mol. The third kappa shape index (κ3) is 2.48. The Morgan fingerprint density at radius 1 is 1.50 bits per heavy atom. The van der Waals surface area contributed by atoms with Crippen LogP contribution in [0.3, 0.4) is 0 Å². The second kappa shape index (κ2) is 4.87. The minimum atomic E-state index is -0.962. The molecule has 0 radical (unpaired) electrons. The van der Waals surface area contributed by atoms with Gasteiger partial charge >= 0.3 is 5.97 Å². The molecule has 0 bridgehead atoms. The van der Waals surface area contributed by atoms with Crippen LogP contribution in [0.25, 0.3) is 0 Å². The summed E-state index contributed by atoms with van der Waals surface area (Å²) < 4.78 is 1.91. The van der Waals surface area contributed by atoms with Crippen molar-refractivity contribution < 1.29 is 9.90 Å². The molecule has 0 atom stereocenters. The van der Waals surface area contributed by atoms with Gasteiger partial charge in [-0.3, -0.25) is 0 Å². The first-order chi connectivity index (χ1) is 8.58. The van der Waals surface area contributed by atoms with Gasteiger partial charge in [0.2, 0.25) is 0 Å². The van der Waals surface area contributed by atoms with Crippen LogP contribution in [0, 0.1) is 6.92 Å². The van der Waals surface area contributed by atoms with Crippen LogP contribution in [-0.2, 0) is 13.6 Å². The van der Waals surface area contributed by atoms with Crippen molar-refractivity contribution in [3.05, 3.63) is 41.6 Å². The molecule has 2 heterocycles. The fourth-order valence-corrected chi connectivity index (χ4v) is 1.62. The average molecular weight is 246 g/mol. The zero-order valence-electron chi connectivity index (χ0n) is 10.2. The third-order valence-corrected chi connectivity index (χ3v) is 2.66. The smallest absolute Gasteiger partial charge is 0.337 e. The summed E-state index contributed by atoms with van der Waals surface area (Å²) in [4.78, 5) is 19.2. The molecule has 0 fully saturated rings. The van der Waals surface area contributed by atoms with Gasteiger partial charge in [0.1, 0.15) is 11.6 Å². The van der Waals surface area contributed by atoms with E-state index in [1.165, 1.54) is 0 Å². The van der Waals surface area contributed by atoms with Gasteiger partial charge in [0, 0.05) is 19.4 Å². The summed E-state index contributed by atoms with van der Waals surface area (Å²) in [5, 5.41) is 12.0. The normalized spacial score (nSPS) is 10.3. The lowest BCUT2D eigenvalue weighted by atomic mass is 10.2. The Bertz CT molecular complexity index is 577. The van der Waals surface area contributed by atoms with Crippen molar-refractivity contribution in [1.29, 1.82) is 0 Å². The van der Waals surface area contributed by atoms with Crippen molar-refractivity contribution in [2.75, 3.05) is 5.32 Å². The molecule has 0 saturated carbocycles. The van der Waals surface area contributed by atoms with E-state index in [0.717, 1.165) is 5.82 Å². The first-order valence-corrected chi connectivity index (χ1v) is 5.49. The Balaban J connectivity index is 2.09. The molecule has 6 nitrogen and oxygen atoms in total. The van der Waals surface area contributed by atoms with E-state index in [0.29, 0.717) is 18.1 Å². The molecule has 0 amide bonds. The highest BCUT2D eigenvalue weighted by Gasteiger charge is 2.08. The first-order valence-electron chi connectivity index (χ1n) is 5.49. The van der Waals surface area contributed by atoms with Gasteiger partial charge in [-0.2, -0.15) is 0 Å². The molecule has 0 aliphatic heterocycles. The van der Waals surface area contributed by atoms with Crippen LogP contribution in [0.15, 0.2) is 24.5 Å². The summed E-state index contributed by atoms with van der Waals surface area (Å²) in [6.07, 6.45) is 3.59. The summed E-state index contributed by atoms with van der Waals surface area (Å²) in [7, 11) is 1.91. The summed E-state index contributed by atoms with van der Waals surface area (Å²) in [6, 6.07) is 3.20. The lowest BCUT2D eigenvalue weighted by Gasteiger charge is -2.07. The van der Waals surface area contributed by atoms with E-state index in [1.807, 2.05) is 17.8 Å². The Kier molecular flexibility index (Phi) is 3.27. The van der Waals surface area contributed by atoms with Crippen molar-refractivity contribution in [2.24, 2.45) is 7.05 Å². The number of hydrogen-bond donors (Lipinski definition) is 2. The number of nitrogens with one attached hydrogen (secondary N) is 1. The van der Waals surface area contributed by atoms with Gasteiger partial charge in [-0.1, -0.05) is 0 Å². The van der Waals surface area contributed by atoms with Crippen molar-refractivity contribution in [2.45, 2.75) is 13.5 Å². The summed E-state index contributed by atoms with van der Waals surface area (Å²) in [5.41, 5.74) is 0.713. The Hall–Kier alpha value is -2.37. The maximum atomic E-state index is 10.8. The molecule has 2 rings (SSSR count). The fraction of sp³-hybridized carbons (Fsp3) is 0.250. The van der Waals surface area contributed by atoms with Crippen LogP contribution in [-0.4, -0.2) is 25.6 Å². The number of carboxylic acid groups (broad SMARTS) is 1. The third-order valence-electron chi connectivity index (χ3n) is 2.66. The molecule has 18 heavy (non-hydrogen) atoms. The quantitative estimate of drug-likeness (QED) is 0.853. The van der Waals surface area contributed by atoms with Crippen molar-refractivity contribution >= 4 is 11.8 Å². The Labute approximate surface area is 104 Å². The van der Waals surface area contributed by atoms with Gasteiger partial charge in [-0.25, -0.2) is 14.8 Å². The fourth-order valence-electron chi connectivity index (χ4n) is 1.62. The molecule has 0 aliphatic carbocycles. The number of carboxylic acids is 1. The number of aryl methyl sites for hydroxylation is 2. The zero-order valence-corrected chi connectivity index (χ0v) is 10.2.